The van der Waals surface area contributed by atoms with Crippen LogP contribution >= 0.6 is 0 Å². The smallest absolute Gasteiger partial charge is 0.268 e. The second-order valence-corrected chi connectivity index (χ2v) is 7.32. The molecule has 4 rings (SSSR count). The summed E-state index contributed by atoms with van der Waals surface area (Å²) >= 11 is 0. The molecule has 0 N–H and O–H groups in total. The highest BCUT2D eigenvalue weighted by Gasteiger charge is 2.47. The molecule has 2 aliphatic heterocycles. The monoisotopic (exact) mass is 386 g/mol. The van der Waals surface area contributed by atoms with Crippen molar-refractivity contribution in [1.29, 1.82) is 5.26 Å². The Hall–Kier alpha value is -2.79. The first-order valence-corrected chi connectivity index (χ1v) is 9.25. The maximum Gasteiger partial charge on any atom is 0.268 e. The Bertz CT molecular complexity index is 925. The number of fused-ring (bicyclic) bond motifs is 1. The van der Waals surface area contributed by atoms with Crippen LogP contribution in [0, 0.1) is 11.3 Å². The minimum Gasteiger partial charge on any atom is -0.488 e. The van der Waals surface area contributed by atoms with E-state index < -0.39 is 30.8 Å². The topological polar surface area (TPSA) is 69.5 Å². The lowest BCUT2D eigenvalue weighted by atomic mass is 10.2. The molecule has 3 heterocycles. The van der Waals surface area contributed by atoms with Gasteiger partial charge in [-0.1, -0.05) is 6.07 Å². The number of halogens is 2. The lowest BCUT2D eigenvalue weighted by molar-refractivity contribution is -0.133. The molecule has 1 amide bonds. The van der Waals surface area contributed by atoms with Crippen LogP contribution in [0.15, 0.2) is 36.5 Å². The van der Waals surface area contributed by atoms with Crippen molar-refractivity contribution in [3.8, 4) is 11.8 Å². The highest BCUT2D eigenvalue weighted by molar-refractivity contribution is 5.84. The lowest BCUT2D eigenvalue weighted by Crippen LogP contribution is -2.42. The van der Waals surface area contributed by atoms with Gasteiger partial charge in [0.25, 0.3) is 5.92 Å². The van der Waals surface area contributed by atoms with Gasteiger partial charge < -0.3 is 9.64 Å². The van der Waals surface area contributed by atoms with E-state index in [9.17, 15) is 13.6 Å². The van der Waals surface area contributed by atoms with E-state index in [1.807, 2.05) is 41.3 Å². The molecule has 0 radical (unpaired) electrons. The van der Waals surface area contributed by atoms with Crippen LogP contribution in [-0.2, 0) is 4.79 Å². The number of nitriles is 1. The highest BCUT2D eigenvalue weighted by atomic mass is 19.3. The second kappa shape index (κ2) is 7.32. The number of hydrogen-bond donors (Lipinski definition) is 0. The Balaban J connectivity index is 1.37. The molecule has 0 spiro atoms. The molecular formula is C20H20F2N4O2. The molecular weight excluding hydrogens is 366 g/mol. The van der Waals surface area contributed by atoms with E-state index in [1.165, 1.54) is 0 Å². The number of rotatable bonds is 4. The first-order chi connectivity index (χ1) is 13.4. The summed E-state index contributed by atoms with van der Waals surface area (Å²) < 4.78 is 33.2. The second-order valence-electron chi connectivity index (χ2n) is 7.32. The quantitative estimate of drug-likeness (QED) is 0.807. The maximum absolute atomic E-state index is 13.6. The van der Waals surface area contributed by atoms with Crippen molar-refractivity contribution in [3.63, 3.8) is 0 Å². The van der Waals surface area contributed by atoms with Gasteiger partial charge in [0.1, 0.15) is 17.9 Å². The molecule has 28 heavy (non-hydrogen) atoms. The molecule has 2 aliphatic rings. The molecule has 2 aromatic rings. The SMILES string of the molecule is N#CC1CC(F)(F)CN1C(=O)CN1CCC(Oc2cccc3ncccc23)C1. The molecule has 1 aromatic carbocycles. The van der Waals surface area contributed by atoms with Crippen molar-refractivity contribution in [1.82, 2.24) is 14.8 Å². The van der Waals surface area contributed by atoms with Crippen LogP contribution in [0.4, 0.5) is 8.78 Å². The molecule has 0 saturated carbocycles. The van der Waals surface area contributed by atoms with Gasteiger partial charge in [0.2, 0.25) is 5.91 Å². The van der Waals surface area contributed by atoms with Gasteiger partial charge in [-0.15, -0.1) is 0 Å². The molecule has 2 fully saturated rings. The fraction of sp³-hybridized carbons (Fsp3) is 0.450. The van der Waals surface area contributed by atoms with Crippen molar-refractivity contribution >= 4 is 16.8 Å². The largest absolute Gasteiger partial charge is 0.488 e. The van der Waals surface area contributed by atoms with E-state index in [2.05, 4.69) is 4.98 Å². The number of carbonyl (C=O) groups is 1. The van der Waals surface area contributed by atoms with Gasteiger partial charge in [0.05, 0.1) is 24.7 Å². The molecule has 2 saturated heterocycles. The summed E-state index contributed by atoms with van der Waals surface area (Å²) in [5, 5.41) is 9.98. The predicted molar refractivity (Wildman–Crippen MR) is 97.9 cm³/mol. The number of carbonyl (C=O) groups excluding carboxylic acids is 1. The van der Waals surface area contributed by atoms with E-state index in [0.29, 0.717) is 13.1 Å². The summed E-state index contributed by atoms with van der Waals surface area (Å²) in [7, 11) is 0. The zero-order valence-corrected chi connectivity index (χ0v) is 15.2. The zero-order valence-electron chi connectivity index (χ0n) is 15.2. The summed E-state index contributed by atoms with van der Waals surface area (Å²) in [6.07, 6.45) is 1.79. The summed E-state index contributed by atoms with van der Waals surface area (Å²) in [5.74, 6) is -2.68. The number of aromatic nitrogens is 1. The third-order valence-electron chi connectivity index (χ3n) is 5.23. The fourth-order valence-electron chi connectivity index (χ4n) is 3.87. The molecule has 8 heteroatoms. The normalized spacial score (nSPS) is 24.4. The molecule has 0 bridgehead atoms. The van der Waals surface area contributed by atoms with Gasteiger partial charge >= 0.3 is 0 Å². The van der Waals surface area contributed by atoms with Crippen molar-refractivity contribution in [3.05, 3.63) is 36.5 Å². The third-order valence-corrected chi connectivity index (χ3v) is 5.23. The van der Waals surface area contributed by atoms with Gasteiger partial charge in [-0.3, -0.25) is 14.7 Å². The molecule has 2 atom stereocenters. The number of hydrogen-bond acceptors (Lipinski definition) is 5. The number of ether oxygens (including phenoxy) is 1. The maximum atomic E-state index is 13.6. The van der Waals surface area contributed by atoms with Gasteiger partial charge in [0, 0.05) is 31.1 Å². The molecule has 1 aromatic heterocycles. The van der Waals surface area contributed by atoms with Gasteiger partial charge in [-0.05, 0) is 30.7 Å². The van der Waals surface area contributed by atoms with Crippen LogP contribution in [0.3, 0.4) is 0 Å². The Morgan fingerprint density at radius 3 is 3.04 bits per heavy atom. The number of benzene rings is 1. The summed E-state index contributed by atoms with van der Waals surface area (Å²) in [6, 6.07) is 10.2. The molecule has 0 aliphatic carbocycles. The number of alkyl halides is 2. The first kappa shape index (κ1) is 18.6. The lowest BCUT2D eigenvalue weighted by Gasteiger charge is -2.23. The number of amides is 1. The Morgan fingerprint density at radius 1 is 1.36 bits per heavy atom. The Labute approximate surface area is 161 Å². The van der Waals surface area contributed by atoms with E-state index >= 15 is 0 Å². The number of likely N-dealkylation sites (tertiary alicyclic amines) is 2. The highest BCUT2D eigenvalue weighted by Crippen LogP contribution is 2.32. The van der Waals surface area contributed by atoms with E-state index in [0.717, 1.165) is 28.0 Å². The average Bonchev–Trinajstić information content (AvgIpc) is 3.25. The fourth-order valence-corrected chi connectivity index (χ4v) is 3.87. The number of nitrogens with zero attached hydrogens (tertiary/aromatic N) is 4. The van der Waals surface area contributed by atoms with Crippen LogP contribution < -0.4 is 4.74 Å². The molecule has 2 unspecified atom stereocenters. The van der Waals surface area contributed by atoms with Crippen molar-refractivity contribution in [2.75, 3.05) is 26.2 Å². The standard InChI is InChI=1S/C20H20F2N4O2/c21-20(22)9-14(10-23)26(13-20)19(27)12-25-8-6-15(11-25)28-18-5-1-4-17-16(18)3-2-7-24-17/h1-5,7,14-15H,6,8-9,11-13H2. The summed E-state index contributed by atoms with van der Waals surface area (Å²) in [6.45, 7) is 0.511. The zero-order chi connectivity index (χ0) is 19.7. The Morgan fingerprint density at radius 2 is 2.21 bits per heavy atom. The summed E-state index contributed by atoms with van der Waals surface area (Å²) in [4.78, 5) is 19.7. The van der Waals surface area contributed by atoms with Crippen LogP contribution in [0.1, 0.15) is 12.8 Å². The molecule has 6 nitrogen and oxygen atoms in total. The van der Waals surface area contributed by atoms with Crippen molar-refractivity contribution in [2.24, 2.45) is 0 Å². The average molecular weight is 386 g/mol. The predicted octanol–water partition coefficient (Wildman–Crippen LogP) is 2.45. The molecule has 146 valence electrons. The van der Waals surface area contributed by atoms with Crippen LogP contribution in [0.2, 0.25) is 0 Å². The number of pyridine rings is 1. The van der Waals surface area contributed by atoms with Crippen LogP contribution in [-0.4, -0.2) is 64.9 Å². The van der Waals surface area contributed by atoms with Gasteiger partial charge in [-0.2, -0.15) is 5.26 Å². The summed E-state index contributed by atoms with van der Waals surface area (Å²) in [5.41, 5.74) is 0.850. The Kier molecular flexibility index (Phi) is 4.85. The van der Waals surface area contributed by atoms with Crippen LogP contribution in [0.25, 0.3) is 10.9 Å². The van der Waals surface area contributed by atoms with Crippen molar-refractivity contribution < 1.29 is 18.3 Å². The minimum atomic E-state index is -2.99. The minimum absolute atomic E-state index is 0.0191. The third kappa shape index (κ3) is 3.76. The van der Waals surface area contributed by atoms with Crippen LogP contribution in [0.5, 0.6) is 5.75 Å². The van der Waals surface area contributed by atoms with Crippen molar-refractivity contribution in [2.45, 2.75) is 30.9 Å². The van der Waals surface area contributed by atoms with E-state index in [4.69, 9.17) is 10.00 Å². The van der Waals surface area contributed by atoms with Gasteiger partial charge in [-0.25, -0.2) is 8.78 Å². The first-order valence-electron chi connectivity index (χ1n) is 9.25. The van der Waals surface area contributed by atoms with E-state index in [1.54, 1.807) is 6.20 Å². The van der Waals surface area contributed by atoms with E-state index in [-0.39, 0.29) is 12.6 Å². The van der Waals surface area contributed by atoms with Gasteiger partial charge in [0.15, 0.2) is 0 Å².